The molecule has 1 unspecified atom stereocenters. The number of nitrogens with one attached hydrogen (secondary N) is 1. The number of fused-ring (bicyclic) bond motifs is 1. The zero-order valence-corrected chi connectivity index (χ0v) is 21.0. The molecule has 3 aliphatic heterocycles. The molecule has 9 nitrogen and oxygen atoms in total. The Hall–Kier alpha value is -2.80. The van der Waals surface area contributed by atoms with Gasteiger partial charge in [-0.2, -0.15) is 13.2 Å². The first-order valence-electron chi connectivity index (χ1n) is 12.9. The van der Waals surface area contributed by atoms with Gasteiger partial charge in [0.05, 0.1) is 30.9 Å². The molecule has 0 aromatic carbocycles. The molecule has 2 fully saturated rings. The fourth-order valence-corrected chi connectivity index (χ4v) is 5.49. The number of carbonyl (C=O) groups excluding carboxylic acids is 1. The third-order valence-corrected chi connectivity index (χ3v) is 7.47. The number of aromatic nitrogens is 2. The Morgan fingerprint density at radius 3 is 2.74 bits per heavy atom. The van der Waals surface area contributed by atoms with Crippen LogP contribution in [0.2, 0.25) is 0 Å². The number of pyridine rings is 2. The van der Waals surface area contributed by atoms with E-state index in [4.69, 9.17) is 9.47 Å². The van der Waals surface area contributed by atoms with Crippen LogP contribution >= 0.6 is 0 Å². The van der Waals surface area contributed by atoms with Crippen molar-refractivity contribution in [1.82, 2.24) is 24.7 Å². The Morgan fingerprint density at radius 2 is 2.00 bits per heavy atom. The second-order valence-electron chi connectivity index (χ2n) is 10.1. The van der Waals surface area contributed by atoms with Crippen molar-refractivity contribution in [3.63, 3.8) is 0 Å². The van der Waals surface area contributed by atoms with Gasteiger partial charge in [0.2, 0.25) is 5.91 Å². The highest BCUT2D eigenvalue weighted by Crippen LogP contribution is 2.29. The minimum absolute atomic E-state index is 0.0214. The van der Waals surface area contributed by atoms with E-state index in [1.165, 1.54) is 4.57 Å². The highest BCUT2D eigenvalue weighted by atomic mass is 19.4. The Balaban J connectivity index is 1.22. The van der Waals surface area contributed by atoms with Gasteiger partial charge in [0.1, 0.15) is 0 Å². The van der Waals surface area contributed by atoms with Crippen molar-refractivity contribution in [2.75, 3.05) is 39.4 Å². The lowest BCUT2D eigenvalue weighted by molar-refractivity contribution is -0.138. The number of likely N-dealkylation sites (tertiary alicyclic amines) is 1. The predicted octanol–water partition coefficient (Wildman–Crippen LogP) is 1.64. The molecule has 0 bridgehead atoms. The van der Waals surface area contributed by atoms with Crippen molar-refractivity contribution in [2.24, 2.45) is 0 Å². The standard InChI is InChI=1S/C26H32F3N5O4/c27-26(28,29)19-10-21-13-32(6-7-34(21)25(36)11-19)16-24(35)31-22-14-33(20-3-8-37-9-4-20)15-23(22)38-17-18-2-1-5-30-12-18/h1-2,5,10-12,20,22-23H,3-4,6-9,13-17H2,(H,31,35)/t22?,23-/m0/s1. The summed E-state index contributed by atoms with van der Waals surface area (Å²) in [4.78, 5) is 33.5. The average molecular weight is 536 g/mol. The maximum absolute atomic E-state index is 13.2. The molecule has 1 amide bonds. The molecular formula is C26H32F3N5O4. The van der Waals surface area contributed by atoms with Crippen LogP contribution in [0.25, 0.3) is 0 Å². The van der Waals surface area contributed by atoms with E-state index in [-0.39, 0.29) is 43.4 Å². The van der Waals surface area contributed by atoms with Gasteiger partial charge in [0, 0.05) is 76.1 Å². The van der Waals surface area contributed by atoms with Crippen LogP contribution in [-0.2, 0) is 40.1 Å². The number of carbonyl (C=O) groups is 1. The summed E-state index contributed by atoms with van der Waals surface area (Å²) in [5, 5.41) is 3.11. The second-order valence-corrected chi connectivity index (χ2v) is 10.1. The van der Waals surface area contributed by atoms with E-state index in [2.05, 4.69) is 15.2 Å². The number of amides is 1. The minimum Gasteiger partial charge on any atom is -0.381 e. The van der Waals surface area contributed by atoms with Crippen molar-refractivity contribution in [3.05, 3.63) is 63.8 Å². The molecule has 2 saturated heterocycles. The van der Waals surface area contributed by atoms with Crippen molar-refractivity contribution in [3.8, 4) is 0 Å². The number of halogens is 3. The van der Waals surface area contributed by atoms with Gasteiger partial charge in [0.25, 0.3) is 5.56 Å². The molecule has 12 heteroatoms. The van der Waals surface area contributed by atoms with Gasteiger partial charge >= 0.3 is 6.18 Å². The minimum atomic E-state index is -4.60. The molecule has 1 N–H and O–H groups in total. The van der Waals surface area contributed by atoms with E-state index >= 15 is 0 Å². The first kappa shape index (κ1) is 26.8. The van der Waals surface area contributed by atoms with Gasteiger partial charge in [0.15, 0.2) is 0 Å². The van der Waals surface area contributed by atoms with Crippen LogP contribution in [0.5, 0.6) is 0 Å². The largest absolute Gasteiger partial charge is 0.416 e. The van der Waals surface area contributed by atoms with Gasteiger partial charge < -0.3 is 19.4 Å². The second kappa shape index (κ2) is 11.5. The zero-order valence-electron chi connectivity index (χ0n) is 21.0. The molecule has 2 atom stereocenters. The molecule has 0 spiro atoms. The fraction of sp³-hybridized carbons (Fsp3) is 0.577. The first-order chi connectivity index (χ1) is 18.3. The number of alkyl halides is 3. The van der Waals surface area contributed by atoms with E-state index in [1.54, 1.807) is 17.3 Å². The number of ether oxygens (including phenoxy) is 2. The zero-order chi connectivity index (χ0) is 26.7. The van der Waals surface area contributed by atoms with Gasteiger partial charge in [-0.15, -0.1) is 0 Å². The van der Waals surface area contributed by atoms with Crippen molar-refractivity contribution >= 4 is 5.91 Å². The van der Waals surface area contributed by atoms with E-state index < -0.39 is 17.3 Å². The summed E-state index contributed by atoms with van der Waals surface area (Å²) in [6.45, 7) is 3.90. The van der Waals surface area contributed by atoms with Crippen molar-refractivity contribution < 1.29 is 27.4 Å². The van der Waals surface area contributed by atoms with Crippen LogP contribution in [0.1, 0.15) is 29.7 Å². The molecule has 0 radical (unpaired) electrons. The SMILES string of the molecule is O=C(CN1CCn2c(cc(C(F)(F)F)cc2=O)C1)NC1CN(C2CCOCC2)C[C@@H]1OCc1cccnc1. The lowest BCUT2D eigenvalue weighted by atomic mass is 10.1. The molecule has 5 heterocycles. The topological polar surface area (TPSA) is 88.9 Å². The maximum atomic E-state index is 13.2. The number of rotatable bonds is 7. The van der Waals surface area contributed by atoms with Crippen molar-refractivity contribution in [1.29, 1.82) is 0 Å². The Morgan fingerprint density at radius 1 is 1.18 bits per heavy atom. The molecule has 0 aliphatic carbocycles. The lowest BCUT2D eigenvalue weighted by Crippen LogP contribution is -2.49. The highest BCUT2D eigenvalue weighted by Gasteiger charge is 2.38. The van der Waals surface area contributed by atoms with E-state index in [1.807, 2.05) is 12.1 Å². The molecular weight excluding hydrogens is 503 g/mol. The van der Waals surface area contributed by atoms with Crippen LogP contribution in [0.3, 0.4) is 0 Å². The highest BCUT2D eigenvalue weighted by molar-refractivity contribution is 5.78. The van der Waals surface area contributed by atoms with Crippen LogP contribution < -0.4 is 10.9 Å². The summed E-state index contributed by atoms with van der Waals surface area (Å²) in [5.74, 6) is -0.221. The summed E-state index contributed by atoms with van der Waals surface area (Å²) < 4.78 is 52.7. The smallest absolute Gasteiger partial charge is 0.381 e. The third-order valence-electron chi connectivity index (χ3n) is 7.47. The van der Waals surface area contributed by atoms with Gasteiger partial charge in [-0.05, 0) is 30.5 Å². The van der Waals surface area contributed by atoms with Crippen LogP contribution in [0.15, 0.2) is 41.5 Å². The normalized spacial score (nSPS) is 23.3. The molecule has 0 saturated carbocycles. The summed E-state index contributed by atoms with van der Waals surface area (Å²) in [6, 6.07) is 5.56. The predicted molar refractivity (Wildman–Crippen MR) is 131 cm³/mol. The Kier molecular flexibility index (Phi) is 8.12. The fourth-order valence-electron chi connectivity index (χ4n) is 5.49. The molecule has 5 rings (SSSR count). The summed E-state index contributed by atoms with van der Waals surface area (Å²) in [6.07, 6.45) is 0.511. The van der Waals surface area contributed by atoms with Crippen LogP contribution in [0, 0.1) is 0 Å². The lowest BCUT2D eigenvalue weighted by Gasteiger charge is -2.31. The molecule has 206 valence electrons. The van der Waals surface area contributed by atoms with Crippen LogP contribution in [0.4, 0.5) is 13.2 Å². The quantitative estimate of drug-likeness (QED) is 0.577. The van der Waals surface area contributed by atoms with Gasteiger partial charge in [-0.1, -0.05) is 6.07 Å². The first-order valence-corrected chi connectivity index (χ1v) is 12.9. The molecule has 38 heavy (non-hydrogen) atoms. The van der Waals surface area contributed by atoms with Gasteiger partial charge in [-0.3, -0.25) is 24.4 Å². The maximum Gasteiger partial charge on any atom is 0.416 e. The average Bonchev–Trinajstić information content (AvgIpc) is 3.30. The van der Waals surface area contributed by atoms with Gasteiger partial charge in [-0.25, -0.2) is 0 Å². The van der Waals surface area contributed by atoms with Crippen LogP contribution in [-0.4, -0.2) is 82.8 Å². The van der Waals surface area contributed by atoms with E-state index in [9.17, 15) is 22.8 Å². The number of nitrogens with zero attached hydrogens (tertiary/aromatic N) is 4. The molecule has 2 aromatic rings. The summed E-state index contributed by atoms with van der Waals surface area (Å²) in [7, 11) is 0. The van der Waals surface area contributed by atoms with Crippen molar-refractivity contribution in [2.45, 2.75) is 56.9 Å². The Labute approximate surface area is 218 Å². The van der Waals surface area contributed by atoms with E-state index in [0.717, 1.165) is 37.7 Å². The third kappa shape index (κ3) is 6.42. The number of hydrogen-bond acceptors (Lipinski definition) is 7. The molecule has 2 aromatic heterocycles. The summed E-state index contributed by atoms with van der Waals surface area (Å²) in [5.41, 5.74) is -0.435. The molecule has 3 aliphatic rings. The monoisotopic (exact) mass is 535 g/mol. The number of hydrogen-bond donors (Lipinski definition) is 1. The van der Waals surface area contributed by atoms with E-state index in [0.29, 0.717) is 38.3 Å². The Bertz CT molecular complexity index is 1170. The summed E-state index contributed by atoms with van der Waals surface area (Å²) >= 11 is 0.